The van der Waals surface area contributed by atoms with E-state index in [1.807, 2.05) is 25.3 Å². The Bertz CT molecular complexity index is 504. The van der Waals surface area contributed by atoms with Gasteiger partial charge in [-0.15, -0.1) is 11.3 Å². The molecule has 0 saturated carbocycles. The summed E-state index contributed by atoms with van der Waals surface area (Å²) in [7, 11) is 0. The molecule has 1 aromatic carbocycles. The van der Waals surface area contributed by atoms with Crippen molar-refractivity contribution in [1.29, 1.82) is 0 Å². The Balaban J connectivity index is 2.41. The van der Waals surface area contributed by atoms with Crippen LogP contribution in [0.25, 0.3) is 0 Å². The van der Waals surface area contributed by atoms with Crippen molar-refractivity contribution in [1.82, 2.24) is 10.4 Å². The molecule has 2 rings (SSSR count). The zero-order valence-electron chi connectivity index (χ0n) is 9.70. The summed E-state index contributed by atoms with van der Waals surface area (Å²) >= 11 is 1.55. The zero-order valence-corrected chi connectivity index (χ0v) is 10.5. The summed E-state index contributed by atoms with van der Waals surface area (Å²) in [6.45, 7) is 3.78. The summed E-state index contributed by atoms with van der Waals surface area (Å²) in [5.74, 6) is 5.28. The summed E-state index contributed by atoms with van der Waals surface area (Å²) < 4.78 is 13.4. The molecule has 0 spiro atoms. The maximum atomic E-state index is 13.4. The maximum absolute atomic E-state index is 13.4. The lowest BCUT2D eigenvalue weighted by atomic mass is 10.0. The van der Waals surface area contributed by atoms with Crippen LogP contribution in [0.1, 0.15) is 27.9 Å². The van der Waals surface area contributed by atoms with Crippen LogP contribution in [-0.4, -0.2) is 4.98 Å². The Labute approximate surface area is 103 Å². The molecule has 0 radical (unpaired) electrons. The van der Waals surface area contributed by atoms with Gasteiger partial charge in [0.1, 0.15) is 5.82 Å². The lowest BCUT2D eigenvalue weighted by molar-refractivity contribution is 0.598. The van der Waals surface area contributed by atoms with Gasteiger partial charge in [-0.2, -0.15) is 0 Å². The third-order valence-corrected chi connectivity index (χ3v) is 3.29. The number of nitrogens with one attached hydrogen (secondary N) is 1. The van der Waals surface area contributed by atoms with Crippen molar-refractivity contribution >= 4 is 11.3 Å². The molecule has 90 valence electrons. The number of aromatic nitrogens is 1. The normalized spacial score (nSPS) is 12.7. The molecule has 0 aliphatic rings. The summed E-state index contributed by atoms with van der Waals surface area (Å²) in [6.07, 6.45) is 0. The number of benzene rings is 1. The van der Waals surface area contributed by atoms with E-state index in [-0.39, 0.29) is 11.9 Å². The molecule has 0 aliphatic heterocycles. The predicted molar refractivity (Wildman–Crippen MR) is 67.2 cm³/mol. The molecule has 3 N–H and O–H groups in total. The molecule has 5 heteroatoms. The lowest BCUT2D eigenvalue weighted by Crippen LogP contribution is -2.29. The van der Waals surface area contributed by atoms with Crippen molar-refractivity contribution < 1.29 is 4.39 Å². The molecule has 1 unspecified atom stereocenters. The van der Waals surface area contributed by atoms with Crippen LogP contribution in [0.4, 0.5) is 4.39 Å². The number of hydrogen-bond donors (Lipinski definition) is 2. The van der Waals surface area contributed by atoms with Gasteiger partial charge in [0.05, 0.1) is 16.7 Å². The van der Waals surface area contributed by atoms with Crippen LogP contribution in [0.2, 0.25) is 0 Å². The fourth-order valence-electron chi connectivity index (χ4n) is 1.80. The molecule has 17 heavy (non-hydrogen) atoms. The molecule has 0 saturated heterocycles. The monoisotopic (exact) mass is 251 g/mol. The van der Waals surface area contributed by atoms with Gasteiger partial charge >= 0.3 is 0 Å². The second kappa shape index (κ2) is 4.91. The first-order chi connectivity index (χ1) is 8.10. The smallest absolute Gasteiger partial charge is 0.123 e. The molecule has 0 fully saturated rings. The molecule has 3 nitrogen and oxygen atoms in total. The van der Waals surface area contributed by atoms with Crippen molar-refractivity contribution in [2.45, 2.75) is 19.9 Å². The minimum absolute atomic E-state index is 0.257. The van der Waals surface area contributed by atoms with Crippen molar-refractivity contribution in [2.24, 2.45) is 5.84 Å². The zero-order chi connectivity index (χ0) is 12.4. The minimum Gasteiger partial charge on any atom is -0.271 e. The van der Waals surface area contributed by atoms with Crippen LogP contribution in [0.15, 0.2) is 23.6 Å². The Morgan fingerprint density at radius 1 is 1.35 bits per heavy atom. The van der Waals surface area contributed by atoms with Crippen molar-refractivity contribution in [3.8, 4) is 0 Å². The van der Waals surface area contributed by atoms with E-state index in [4.69, 9.17) is 5.84 Å². The highest BCUT2D eigenvalue weighted by Crippen LogP contribution is 2.24. The summed E-state index contributed by atoms with van der Waals surface area (Å²) in [5, 5.41) is 2.90. The van der Waals surface area contributed by atoms with Crippen LogP contribution in [-0.2, 0) is 0 Å². The van der Waals surface area contributed by atoms with Gasteiger partial charge in [-0.1, -0.05) is 6.07 Å². The van der Waals surface area contributed by atoms with Crippen molar-refractivity contribution in [2.75, 3.05) is 0 Å². The topological polar surface area (TPSA) is 50.9 Å². The summed E-state index contributed by atoms with van der Waals surface area (Å²) in [6, 6.07) is 4.60. The van der Waals surface area contributed by atoms with Crippen molar-refractivity contribution in [3.05, 3.63) is 51.2 Å². The molecule has 0 amide bonds. The standard InChI is InChI=1S/C12H14FN3S/c1-7-3-9(5-10(13)4-7)12(16-14)11-6-17-8(2)15-11/h3-6,12,16H,14H2,1-2H3. The summed E-state index contributed by atoms with van der Waals surface area (Å²) in [4.78, 5) is 4.37. The highest BCUT2D eigenvalue weighted by Gasteiger charge is 2.16. The SMILES string of the molecule is Cc1cc(F)cc(C(NN)c2csc(C)n2)c1. The Morgan fingerprint density at radius 2 is 2.12 bits per heavy atom. The van der Waals surface area contributed by atoms with E-state index in [1.54, 1.807) is 11.3 Å². The van der Waals surface area contributed by atoms with Gasteiger partial charge in [0.15, 0.2) is 0 Å². The van der Waals surface area contributed by atoms with E-state index < -0.39 is 0 Å². The maximum Gasteiger partial charge on any atom is 0.123 e. The second-order valence-electron chi connectivity index (χ2n) is 3.95. The number of rotatable bonds is 3. The average Bonchev–Trinajstić information content (AvgIpc) is 2.64. The van der Waals surface area contributed by atoms with Gasteiger partial charge in [0.25, 0.3) is 0 Å². The van der Waals surface area contributed by atoms with Gasteiger partial charge < -0.3 is 0 Å². The molecule has 1 aromatic heterocycles. The van der Waals surface area contributed by atoms with Crippen LogP contribution < -0.4 is 11.3 Å². The van der Waals surface area contributed by atoms with Crippen molar-refractivity contribution in [3.63, 3.8) is 0 Å². The number of hydrazine groups is 1. The summed E-state index contributed by atoms with van der Waals surface area (Å²) in [5.41, 5.74) is 5.15. The van der Waals surface area contributed by atoms with E-state index in [2.05, 4.69) is 10.4 Å². The van der Waals surface area contributed by atoms with E-state index in [1.165, 1.54) is 12.1 Å². The number of hydrogen-bond acceptors (Lipinski definition) is 4. The van der Waals surface area contributed by atoms with Crippen LogP contribution in [0.3, 0.4) is 0 Å². The van der Waals surface area contributed by atoms with Gasteiger partial charge in [-0.3, -0.25) is 5.84 Å². The highest BCUT2D eigenvalue weighted by molar-refractivity contribution is 7.09. The highest BCUT2D eigenvalue weighted by atomic mass is 32.1. The van der Waals surface area contributed by atoms with Crippen LogP contribution in [0, 0.1) is 19.7 Å². The van der Waals surface area contributed by atoms with E-state index in [9.17, 15) is 4.39 Å². The first kappa shape index (κ1) is 12.2. The Morgan fingerprint density at radius 3 is 2.65 bits per heavy atom. The molecule has 0 aliphatic carbocycles. The lowest BCUT2D eigenvalue weighted by Gasteiger charge is -2.14. The van der Waals surface area contributed by atoms with E-state index in [0.717, 1.165) is 21.8 Å². The molecule has 0 bridgehead atoms. The first-order valence-electron chi connectivity index (χ1n) is 5.25. The quantitative estimate of drug-likeness (QED) is 0.651. The molecule has 1 atom stereocenters. The third-order valence-electron chi connectivity index (χ3n) is 2.50. The predicted octanol–water partition coefficient (Wildman–Crippen LogP) is 2.45. The Hall–Kier alpha value is -1.30. The number of nitrogens with zero attached hydrogens (tertiary/aromatic N) is 1. The average molecular weight is 251 g/mol. The van der Waals surface area contributed by atoms with Gasteiger partial charge in [-0.05, 0) is 37.1 Å². The Kier molecular flexibility index (Phi) is 3.51. The van der Waals surface area contributed by atoms with Crippen LogP contribution in [0.5, 0.6) is 0 Å². The molecular weight excluding hydrogens is 237 g/mol. The molecule has 2 aromatic rings. The molecular formula is C12H14FN3S. The fourth-order valence-corrected chi connectivity index (χ4v) is 2.43. The van der Waals surface area contributed by atoms with E-state index in [0.29, 0.717) is 0 Å². The van der Waals surface area contributed by atoms with Crippen LogP contribution >= 0.6 is 11.3 Å². The number of thiazole rings is 1. The van der Waals surface area contributed by atoms with E-state index >= 15 is 0 Å². The molecule has 1 heterocycles. The number of aryl methyl sites for hydroxylation is 2. The number of halogens is 1. The largest absolute Gasteiger partial charge is 0.271 e. The van der Waals surface area contributed by atoms with Gasteiger partial charge in [-0.25, -0.2) is 14.8 Å². The number of nitrogens with two attached hydrogens (primary N) is 1. The van der Waals surface area contributed by atoms with Gasteiger partial charge in [0.2, 0.25) is 0 Å². The fraction of sp³-hybridized carbons (Fsp3) is 0.250. The third kappa shape index (κ3) is 2.69. The van der Waals surface area contributed by atoms with Gasteiger partial charge in [0, 0.05) is 5.38 Å². The second-order valence-corrected chi connectivity index (χ2v) is 5.02. The first-order valence-corrected chi connectivity index (χ1v) is 6.13. The minimum atomic E-state index is -0.269.